The van der Waals surface area contributed by atoms with Crippen molar-refractivity contribution in [3.63, 3.8) is 0 Å². The van der Waals surface area contributed by atoms with E-state index in [1.165, 1.54) is 19.1 Å². The molecule has 7 nitrogen and oxygen atoms in total. The molecule has 0 radical (unpaired) electrons. The van der Waals surface area contributed by atoms with E-state index in [0.717, 1.165) is 0 Å². The molecule has 0 saturated heterocycles. The van der Waals surface area contributed by atoms with Gasteiger partial charge in [-0.05, 0) is 26.8 Å². The van der Waals surface area contributed by atoms with Crippen LogP contribution in [0.3, 0.4) is 0 Å². The zero-order valence-corrected chi connectivity index (χ0v) is 15.9. The summed E-state index contributed by atoms with van der Waals surface area (Å²) in [5.41, 5.74) is 0.694. The van der Waals surface area contributed by atoms with Crippen LogP contribution in [0.4, 0.5) is 10.5 Å². The van der Waals surface area contributed by atoms with Crippen molar-refractivity contribution in [1.29, 1.82) is 0 Å². The van der Waals surface area contributed by atoms with Crippen molar-refractivity contribution in [1.82, 2.24) is 0 Å². The molecule has 27 heavy (non-hydrogen) atoms. The number of hydrogen-bond donors (Lipinski definition) is 0. The lowest BCUT2D eigenvalue weighted by atomic mass is 9.84. The van der Waals surface area contributed by atoms with Gasteiger partial charge in [-0.15, -0.1) is 0 Å². The van der Waals surface area contributed by atoms with Gasteiger partial charge in [-0.1, -0.05) is 18.2 Å². The number of rotatable bonds is 2. The first-order chi connectivity index (χ1) is 12.7. The molecule has 1 aromatic rings. The van der Waals surface area contributed by atoms with Crippen LogP contribution in [0.25, 0.3) is 5.57 Å². The second-order valence-electron chi connectivity index (χ2n) is 7.16. The fourth-order valence-corrected chi connectivity index (χ4v) is 3.16. The van der Waals surface area contributed by atoms with Gasteiger partial charge in [-0.25, -0.2) is 4.79 Å². The third-order valence-electron chi connectivity index (χ3n) is 4.22. The fraction of sp³-hybridized carbons (Fsp3) is 0.350. The van der Waals surface area contributed by atoms with Gasteiger partial charge in [-0.2, -0.15) is 0 Å². The van der Waals surface area contributed by atoms with Crippen molar-refractivity contribution in [3.05, 3.63) is 46.9 Å². The summed E-state index contributed by atoms with van der Waals surface area (Å²) in [5, 5.41) is 0. The Hall–Kier alpha value is -3.09. The highest BCUT2D eigenvalue weighted by Crippen LogP contribution is 2.41. The Morgan fingerprint density at radius 1 is 1.00 bits per heavy atom. The minimum atomic E-state index is -0.701. The van der Waals surface area contributed by atoms with E-state index in [1.54, 1.807) is 45.0 Å². The van der Waals surface area contributed by atoms with E-state index in [0.29, 0.717) is 11.3 Å². The lowest BCUT2D eigenvalue weighted by Gasteiger charge is -2.35. The molecular formula is C20H21NO6. The highest BCUT2D eigenvalue weighted by molar-refractivity contribution is 6.40. The third-order valence-corrected chi connectivity index (χ3v) is 4.22. The second-order valence-corrected chi connectivity index (χ2v) is 7.16. The maximum Gasteiger partial charge on any atom is 0.415 e. The van der Waals surface area contributed by atoms with Crippen LogP contribution >= 0.6 is 0 Å². The van der Waals surface area contributed by atoms with E-state index in [2.05, 4.69) is 0 Å². The summed E-state index contributed by atoms with van der Waals surface area (Å²) < 4.78 is 15.7. The summed E-state index contributed by atoms with van der Waals surface area (Å²) in [6, 6.07) is 6.90. The normalized spacial score (nSPS) is 16.9. The standard InChI is InChI=1S/C20H21NO6/c1-20(2,3)27-19(24)21-10-12-14(11-8-6-7-9-13(11)21)16(23)18(26-5)17(25-4)15(12)22/h6-9H,10H2,1-5H3. The van der Waals surface area contributed by atoms with E-state index < -0.39 is 23.3 Å². The van der Waals surface area contributed by atoms with Gasteiger partial charge in [-0.3, -0.25) is 14.5 Å². The quantitative estimate of drug-likeness (QED) is 0.744. The predicted octanol–water partition coefficient (Wildman–Crippen LogP) is 2.85. The van der Waals surface area contributed by atoms with Gasteiger partial charge in [0.2, 0.25) is 23.1 Å². The van der Waals surface area contributed by atoms with E-state index in [-0.39, 0.29) is 29.2 Å². The number of ether oxygens (including phenoxy) is 3. The minimum absolute atomic E-state index is 0.0876. The van der Waals surface area contributed by atoms with Crippen molar-refractivity contribution in [2.45, 2.75) is 26.4 Å². The lowest BCUT2D eigenvalue weighted by molar-refractivity contribution is -0.119. The first-order valence-electron chi connectivity index (χ1n) is 8.44. The summed E-state index contributed by atoms with van der Waals surface area (Å²) in [7, 11) is 2.61. The van der Waals surface area contributed by atoms with Crippen LogP contribution in [0, 0.1) is 0 Å². The van der Waals surface area contributed by atoms with Crippen LogP contribution in [0.5, 0.6) is 0 Å². The Bertz CT molecular complexity index is 903. The van der Waals surface area contributed by atoms with Gasteiger partial charge < -0.3 is 14.2 Å². The van der Waals surface area contributed by atoms with E-state index >= 15 is 0 Å². The highest BCUT2D eigenvalue weighted by Gasteiger charge is 2.43. The molecule has 0 saturated carbocycles. The number of carbonyl (C=O) groups is 3. The number of fused-ring (bicyclic) bond motifs is 2. The molecule has 0 fully saturated rings. The maximum atomic E-state index is 13.0. The molecule has 1 aliphatic heterocycles. The van der Waals surface area contributed by atoms with Gasteiger partial charge in [0.25, 0.3) is 0 Å². The Morgan fingerprint density at radius 3 is 2.19 bits per heavy atom. The maximum absolute atomic E-state index is 13.0. The highest BCUT2D eigenvalue weighted by atomic mass is 16.6. The van der Waals surface area contributed by atoms with Crippen molar-refractivity contribution in [3.8, 4) is 0 Å². The van der Waals surface area contributed by atoms with Crippen LogP contribution in [0.1, 0.15) is 26.3 Å². The summed E-state index contributed by atoms with van der Waals surface area (Å²) in [4.78, 5) is 40.0. The van der Waals surface area contributed by atoms with E-state index in [9.17, 15) is 14.4 Å². The molecule has 0 spiro atoms. The number of nitrogens with zero attached hydrogens (tertiary/aromatic N) is 1. The van der Waals surface area contributed by atoms with Crippen LogP contribution in [0.2, 0.25) is 0 Å². The van der Waals surface area contributed by atoms with Gasteiger partial charge in [0.1, 0.15) is 5.60 Å². The number of methoxy groups -OCH3 is 2. The van der Waals surface area contributed by atoms with Gasteiger partial charge in [0, 0.05) is 16.7 Å². The second kappa shape index (κ2) is 6.57. The van der Waals surface area contributed by atoms with Crippen LogP contribution in [-0.4, -0.2) is 44.0 Å². The van der Waals surface area contributed by atoms with Crippen LogP contribution in [-0.2, 0) is 23.8 Å². The average molecular weight is 371 g/mol. The van der Waals surface area contributed by atoms with Crippen molar-refractivity contribution >= 4 is 28.9 Å². The van der Waals surface area contributed by atoms with E-state index in [1.807, 2.05) is 0 Å². The monoisotopic (exact) mass is 371 g/mol. The number of anilines is 1. The van der Waals surface area contributed by atoms with E-state index in [4.69, 9.17) is 14.2 Å². The zero-order chi connectivity index (χ0) is 19.9. The number of amides is 1. The molecule has 0 atom stereocenters. The van der Waals surface area contributed by atoms with Crippen molar-refractivity contribution in [2.75, 3.05) is 25.7 Å². The molecule has 0 aromatic heterocycles. The van der Waals surface area contributed by atoms with Gasteiger partial charge in [0.05, 0.1) is 26.5 Å². The molecule has 1 aromatic carbocycles. The number of para-hydroxylation sites is 1. The molecule has 3 rings (SSSR count). The smallest absolute Gasteiger partial charge is 0.415 e. The summed E-state index contributed by atoms with van der Waals surface area (Å²) in [5.74, 6) is -1.22. The summed E-state index contributed by atoms with van der Waals surface area (Å²) >= 11 is 0. The van der Waals surface area contributed by atoms with Crippen LogP contribution in [0.15, 0.2) is 41.4 Å². The number of Topliss-reactive ketones (excluding diaryl/α,β-unsaturated/α-hetero) is 2. The van der Waals surface area contributed by atoms with Crippen molar-refractivity contribution < 1.29 is 28.6 Å². The number of carbonyl (C=O) groups excluding carboxylic acids is 3. The molecule has 1 aliphatic carbocycles. The molecule has 0 N–H and O–H groups in total. The fourth-order valence-electron chi connectivity index (χ4n) is 3.16. The molecule has 7 heteroatoms. The number of allylic oxidation sites excluding steroid dienone is 2. The molecule has 0 bridgehead atoms. The Balaban J connectivity index is 2.14. The van der Waals surface area contributed by atoms with Crippen molar-refractivity contribution in [2.24, 2.45) is 0 Å². The first kappa shape index (κ1) is 18.7. The van der Waals surface area contributed by atoms with Gasteiger partial charge >= 0.3 is 6.09 Å². The molecule has 2 aliphatic rings. The lowest BCUT2D eigenvalue weighted by Crippen LogP contribution is -2.43. The number of benzene rings is 1. The number of hydrogen-bond acceptors (Lipinski definition) is 6. The SMILES string of the molecule is COC1=C(OC)C(=O)C2=C(CN(C(=O)OC(C)(C)C)c3ccccc32)C1=O. The molecule has 1 heterocycles. The first-order valence-corrected chi connectivity index (χ1v) is 8.44. The molecular weight excluding hydrogens is 350 g/mol. The summed E-state index contributed by atoms with van der Waals surface area (Å²) in [6.07, 6.45) is -0.595. The predicted molar refractivity (Wildman–Crippen MR) is 98.0 cm³/mol. The average Bonchev–Trinajstić information content (AvgIpc) is 2.61. The van der Waals surface area contributed by atoms with Gasteiger partial charge in [0.15, 0.2) is 0 Å². The summed E-state index contributed by atoms with van der Waals surface area (Å²) in [6.45, 7) is 5.20. The molecule has 0 unspecified atom stereocenters. The zero-order valence-electron chi connectivity index (χ0n) is 15.9. The largest absolute Gasteiger partial charge is 0.489 e. The molecule has 1 amide bonds. The molecule has 142 valence electrons. The Kier molecular flexibility index (Phi) is 4.55. The number of ketones is 2. The minimum Gasteiger partial charge on any atom is -0.489 e. The third kappa shape index (κ3) is 3.09. The topological polar surface area (TPSA) is 82.1 Å². The Labute approximate surface area is 157 Å². The Morgan fingerprint density at radius 2 is 1.59 bits per heavy atom. The van der Waals surface area contributed by atoms with Crippen LogP contribution < -0.4 is 4.90 Å².